The summed E-state index contributed by atoms with van der Waals surface area (Å²) in [6, 6.07) is 0. The first-order valence-corrected chi connectivity index (χ1v) is 8.09. The summed E-state index contributed by atoms with van der Waals surface area (Å²) in [5, 5.41) is 10.0. The predicted octanol–water partition coefficient (Wildman–Crippen LogP) is 3.46. The Labute approximate surface area is 136 Å². The average Bonchev–Trinajstić information content (AvgIpc) is 3.18. The highest BCUT2D eigenvalue weighted by Crippen LogP contribution is 2.48. The number of nitrogens with two attached hydrogens (primary N) is 1. The summed E-state index contributed by atoms with van der Waals surface area (Å²) in [4.78, 5) is 21.2. The van der Waals surface area contributed by atoms with Crippen LogP contribution in [-0.4, -0.2) is 21.0 Å². The quantitative estimate of drug-likeness (QED) is 0.746. The van der Waals surface area contributed by atoms with Gasteiger partial charge in [0.1, 0.15) is 21.7 Å². The van der Waals surface area contributed by atoms with Crippen LogP contribution in [0.2, 0.25) is 0 Å². The summed E-state index contributed by atoms with van der Waals surface area (Å²) in [5.74, 6) is -1.03. The van der Waals surface area contributed by atoms with E-state index in [4.69, 9.17) is 15.1 Å². The van der Waals surface area contributed by atoms with Gasteiger partial charge in [0, 0.05) is 16.4 Å². The van der Waals surface area contributed by atoms with Gasteiger partial charge in [0.15, 0.2) is 6.39 Å². The number of oxazole rings is 1. The van der Waals surface area contributed by atoms with Crippen molar-refractivity contribution < 1.29 is 14.3 Å². The third-order valence-corrected chi connectivity index (χ3v) is 5.59. The molecule has 0 spiro atoms. The molecule has 23 heavy (non-hydrogen) atoms. The molecule has 3 heterocycles. The van der Waals surface area contributed by atoms with E-state index in [9.17, 15) is 9.90 Å². The van der Waals surface area contributed by atoms with Crippen molar-refractivity contribution in [2.75, 3.05) is 5.73 Å². The lowest BCUT2D eigenvalue weighted by Gasteiger charge is -2.18. The van der Waals surface area contributed by atoms with E-state index in [1.54, 1.807) is 6.26 Å². The third kappa shape index (κ3) is 1.89. The number of nitrogen functional groups attached to an aromatic ring is 1. The van der Waals surface area contributed by atoms with Crippen molar-refractivity contribution in [2.45, 2.75) is 32.1 Å². The summed E-state index contributed by atoms with van der Waals surface area (Å²) >= 11 is 1.12. The molecule has 1 aliphatic rings. The first-order chi connectivity index (χ1) is 10.9. The number of thiophene rings is 1. The monoisotopic (exact) mass is 329 g/mol. The van der Waals surface area contributed by atoms with Gasteiger partial charge in [-0.1, -0.05) is 13.8 Å². The maximum atomic E-state index is 11.4. The zero-order valence-electron chi connectivity index (χ0n) is 12.7. The standard InChI is InChI=1S/C16H15N3O3S/c1-16(2)4-3-7-9(8-5-22-6-18-8)10-11(17)12(15(20)21)23-14(10)19-13(7)16/h5-6H,3-4,17H2,1-2H3,(H,20,21). The van der Waals surface area contributed by atoms with Gasteiger partial charge in [-0.15, -0.1) is 11.3 Å². The Bertz CT molecular complexity index is 942. The highest BCUT2D eigenvalue weighted by Gasteiger charge is 2.36. The molecule has 7 heteroatoms. The zero-order chi connectivity index (χ0) is 16.4. The topological polar surface area (TPSA) is 102 Å². The Morgan fingerprint density at radius 2 is 2.26 bits per heavy atom. The van der Waals surface area contributed by atoms with E-state index in [0.29, 0.717) is 15.9 Å². The van der Waals surface area contributed by atoms with Crippen LogP contribution in [0.15, 0.2) is 17.1 Å². The normalized spacial score (nSPS) is 15.9. The molecule has 3 aromatic heterocycles. The maximum Gasteiger partial charge on any atom is 0.348 e. The molecule has 0 bridgehead atoms. The van der Waals surface area contributed by atoms with E-state index >= 15 is 0 Å². The predicted molar refractivity (Wildman–Crippen MR) is 87.8 cm³/mol. The van der Waals surface area contributed by atoms with Gasteiger partial charge in [-0.05, 0) is 18.4 Å². The number of fused-ring (bicyclic) bond motifs is 2. The molecule has 0 aliphatic heterocycles. The molecule has 0 fully saturated rings. The number of nitrogens with zero attached hydrogens (tertiary/aromatic N) is 2. The SMILES string of the molecule is CC1(C)CCc2c1nc1sc(C(=O)O)c(N)c1c2-c1cocn1. The van der Waals surface area contributed by atoms with Crippen LogP contribution in [0, 0.1) is 0 Å². The number of hydrogen-bond donors (Lipinski definition) is 2. The van der Waals surface area contributed by atoms with Gasteiger partial charge in [-0.3, -0.25) is 0 Å². The van der Waals surface area contributed by atoms with Crippen molar-refractivity contribution in [2.24, 2.45) is 0 Å². The van der Waals surface area contributed by atoms with Gasteiger partial charge in [0.05, 0.1) is 11.4 Å². The molecular weight excluding hydrogens is 314 g/mol. The van der Waals surface area contributed by atoms with Crippen LogP contribution in [0.1, 0.15) is 41.2 Å². The molecular formula is C16H15N3O3S. The number of carbonyl (C=O) groups is 1. The summed E-state index contributed by atoms with van der Waals surface area (Å²) in [6.07, 6.45) is 4.79. The lowest BCUT2D eigenvalue weighted by atomic mass is 9.89. The van der Waals surface area contributed by atoms with E-state index in [-0.39, 0.29) is 16.0 Å². The fourth-order valence-corrected chi connectivity index (χ4v) is 4.27. The van der Waals surface area contributed by atoms with Crippen molar-refractivity contribution in [3.63, 3.8) is 0 Å². The molecule has 0 atom stereocenters. The van der Waals surface area contributed by atoms with Crippen LogP contribution in [0.3, 0.4) is 0 Å². The minimum atomic E-state index is -1.03. The van der Waals surface area contributed by atoms with Gasteiger partial charge in [-0.2, -0.15) is 0 Å². The Hall–Kier alpha value is -2.41. The number of anilines is 1. The molecule has 0 radical (unpaired) electrons. The van der Waals surface area contributed by atoms with E-state index < -0.39 is 5.97 Å². The van der Waals surface area contributed by atoms with Gasteiger partial charge in [0.25, 0.3) is 0 Å². The second-order valence-electron chi connectivity index (χ2n) is 6.40. The number of hydrogen-bond acceptors (Lipinski definition) is 6. The molecule has 4 rings (SSSR count). The number of pyridine rings is 1. The molecule has 0 amide bonds. The van der Waals surface area contributed by atoms with Gasteiger partial charge < -0.3 is 15.3 Å². The van der Waals surface area contributed by atoms with Crippen molar-refractivity contribution in [1.82, 2.24) is 9.97 Å². The lowest BCUT2D eigenvalue weighted by molar-refractivity contribution is 0.0703. The molecule has 0 saturated heterocycles. The Morgan fingerprint density at radius 3 is 2.91 bits per heavy atom. The molecule has 0 saturated carbocycles. The first kappa shape index (κ1) is 14.2. The molecule has 3 aromatic rings. The smallest absolute Gasteiger partial charge is 0.348 e. The van der Waals surface area contributed by atoms with Crippen LogP contribution >= 0.6 is 11.3 Å². The molecule has 0 unspecified atom stereocenters. The Morgan fingerprint density at radius 1 is 1.48 bits per heavy atom. The minimum Gasteiger partial charge on any atom is -0.477 e. The van der Waals surface area contributed by atoms with Gasteiger partial charge in [0.2, 0.25) is 0 Å². The van der Waals surface area contributed by atoms with Gasteiger partial charge in [-0.25, -0.2) is 14.8 Å². The number of aromatic nitrogens is 2. The molecule has 3 N–H and O–H groups in total. The van der Waals surface area contributed by atoms with Crippen molar-refractivity contribution in [3.8, 4) is 11.3 Å². The van der Waals surface area contributed by atoms with E-state index in [0.717, 1.165) is 41.0 Å². The van der Waals surface area contributed by atoms with E-state index in [1.807, 2.05) is 0 Å². The summed E-state index contributed by atoms with van der Waals surface area (Å²) in [6.45, 7) is 4.30. The fourth-order valence-electron chi connectivity index (χ4n) is 3.33. The summed E-state index contributed by atoms with van der Waals surface area (Å²) in [5.41, 5.74) is 9.98. The van der Waals surface area contributed by atoms with Crippen LogP contribution in [0.5, 0.6) is 0 Å². The molecule has 0 aromatic carbocycles. The third-order valence-electron chi connectivity index (χ3n) is 4.50. The van der Waals surface area contributed by atoms with E-state index in [2.05, 4.69) is 18.8 Å². The largest absolute Gasteiger partial charge is 0.477 e. The second kappa shape index (κ2) is 4.55. The highest BCUT2D eigenvalue weighted by atomic mass is 32.1. The van der Waals surface area contributed by atoms with Crippen LogP contribution in [0.25, 0.3) is 21.5 Å². The fraction of sp³-hybridized carbons (Fsp3) is 0.312. The number of carboxylic acid groups (broad SMARTS) is 1. The Kier molecular flexibility index (Phi) is 2.81. The van der Waals surface area contributed by atoms with Crippen LogP contribution < -0.4 is 5.73 Å². The zero-order valence-corrected chi connectivity index (χ0v) is 13.5. The number of aromatic carboxylic acids is 1. The van der Waals surface area contributed by atoms with Crippen LogP contribution in [0.4, 0.5) is 5.69 Å². The molecule has 1 aliphatic carbocycles. The minimum absolute atomic E-state index is 0.0514. The second-order valence-corrected chi connectivity index (χ2v) is 7.40. The summed E-state index contributed by atoms with van der Waals surface area (Å²) < 4.78 is 5.14. The highest BCUT2D eigenvalue weighted by molar-refractivity contribution is 7.21. The average molecular weight is 329 g/mol. The van der Waals surface area contributed by atoms with Crippen molar-refractivity contribution in [3.05, 3.63) is 28.8 Å². The number of rotatable bonds is 2. The van der Waals surface area contributed by atoms with Crippen LogP contribution in [-0.2, 0) is 11.8 Å². The maximum absolute atomic E-state index is 11.4. The molecule has 6 nitrogen and oxygen atoms in total. The molecule has 118 valence electrons. The van der Waals surface area contributed by atoms with Gasteiger partial charge >= 0.3 is 5.97 Å². The lowest BCUT2D eigenvalue weighted by Crippen LogP contribution is -2.14. The summed E-state index contributed by atoms with van der Waals surface area (Å²) in [7, 11) is 0. The first-order valence-electron chi connectivity index (χ1n) is 7.27. The Balaban J connectivity index is 2.17. The van der Waals surface area contributed by atoms with Crippen molar-refractivity contribution in [1.29, 1.82) is 0 Å². The van der Waals surface area contributed by atoms with E-state index in [1.165, 1.54) is 6.39 Å². The number of carboxylic acids is 1. The van der Waals surface area contributed by atoms with Crippen molar-refractivity contribution >= 4 is 33.2 Å².